The van der Waals surface area contributed by atoms with Crippen LogP contribution in [0.15, 0.2) is 200 Å². The average Bonchev–Trinajstić information content (AvgIpc) is 3.61. The highest BCUT2D eigenvalue weighted by Gasteiger charge is 2.48. The van der Waals surface area contributed by atoms with Gasteiger partial charge in [-0.25, -0.2) is 15.0 Å². The monoisotopic (exact) mass is 731 g/mol. The second kappa shape index (κ2) is 13.3. The number of ether oxygens (including phenoxy) is 2. The molecule has 268 valence electrons. The third-order valence-electron chi connectivity index (χ3n) is 11.1. The first-order chi connectivity index (χ1) is 28.2. The number of hydrogen-bond donors (Lipinski definition) is 0. The lowest BCUT2D eigenvalue weighted by Gasteiger charge is -2.34. The van der Waals surface area contributed by atoms with E-state index in [2.05, 4.69) is 121 Å². The Hall–Kier alpha value is -7.63. The summed E-state index contributed by atoms with van der Waals surface area (Å²) in [5, 5.41) is 0. The van der Waals surface area contributed by atoms with Gasteiger partial charge in [-0.3, -0.25) is 0 Å². The van der Waals surface area contributed by atoms with Crippen LogP contribution in [0.1, 0.15) is 22.3 Å². The Balaban J connectivity index is 1.01. The summed E-state index contributed by atoms with van der Waals surface area (Å²) in [6.45, 7) is 0. The van der Waals surface area contributed by atoms with Crippen molar-refractivity contribution in [2.75, 3.05) is 0 Å². The van der Waals surface area contributed by atoms with E-state index in [0.29, 0.717) is 34.7 Å². The second-order valence-corrected chi connectivity index (χ2v) is 14.3. The van der Waals surface area contributed by atoms with Crippen LogP contribution >= 0.6 is 0 Å². The van der Waals surface area contributed by atoms with Crippen molar-refractivity contribution in [1.82, 2.24) is 15.0 Å². The smallest absolute Gasteiger partial charge is 0.178 e. The van der Waals surface area contributed by atoms with E-state index in [1.54, 1.807) is 0 Å². The number of fused-ring (bicyclic) bond motifs is 6. The van der Waals surface area contributed by atoms with Gasteiger partial charge in [-0.1, -0.05) is 176 Å². The quantitative estimate of drug-likeness (QED) is 0.170. The van der Waals surface area contributed by atoms with Crippen molar-refractivity contribution in [3.63, 3.8) is 0 Å². The van der Waals surface area contributed by atoms with E-state index < -0.39 is 5.41 Å². The maximum Gasteiger partial charge on any atom is 0.178 e. The van der Waals surface area contributed by atoms with Gasteiger partial charge < -0.3 is 9.47 Å². The van der Waals surface area contributed by atoms with Crippen molar-refractivity contribution in [3.05, 3.63) is 222 Å². The van der Waals surface area contributed by atoms with Crippen LogP contribution in [0.25, 0.3) is 56.4 Å². The Kier molecular flexibility index (Phi) is 7.64. The van der Waals surface area contributed by atoms with Crippen molar-refractivity contribution in [3.8, 4) is 79.4 Å². The Morgan fingerprint density at radius 2 is 0.842 bits per heavy atom. The molecule has 0 saturated carbocycles. The minimum Gasteiger partial charge on any atom is -0.449 e. The summed E-state index contributed by atoms with van der Waals surface area (Å²) in [5.41, 5.74) is 11.2. The van der Waals surface area contributed by atoms with E-state index in [9.17, 15) is 0 Å². The molecule has 0 saturated heterocycles. The molecule has 1 aliphatic heterocycles. The number of benzene rings is 8. The predicted octanol–water partition coefficient (Wildman–Crippen LogP) is 12.8. The third kappa shape index (κ3) is 5.35. The van der Waals surface area contributed by atoms with Gasteiger partial charge in [0.15, 0.2) is 40.5 Å². The molecule has 2 aliphatic rings. The van der Waals surface area contributed by atoms with E-state index in [0.717, 1.165) is 50.3 Å². The molecular weight excluding hydrogens is 699 g/mol. The Bertz CT molecular complexity index is 2850. The SMILES string of the molecule is c1ccc(-c2nc(-c3ccccc3)nc(-c3cccc(-c4ccc5c(c4)Oc4c(ccc6c4-c4ccccc4C6(c4ccccc4)c4ccccc4)O5)c3)n2)cc1. The van der Waals surface area contributed by atoms with E-state index in [-0.39, 0.29) is 0 Å². The molecule has 9 aromatic rings. The number of rotatable bonds is 6. The molecule has 11 rings (SSSR count). The van der Waals surface area contributed by atoms with Gasteiger partial charge in [-0.15, -0.1) is 0 Å². The minimum absolute atomic E-state index is 0.537. The number of hydrogen-bond acceptors (Lipinski definition) is 5. The molecule has 0 unspecified atom stereocenters. The number of aromatic nitrogens is 3. The van der Waals surface area contributed by atoms with E-state index in [4.69, 9.17) is 24.4 Å². The van der Waals surface area contributed by atoms with Gasteiger partial charge in [0, 0.05) is 22.3 Å². The lowest BCUT2D eigenvalue weighted by molar-refractivity contribution is 0.360. The van der Waals surface area contributed by atoms with Crippen molar-refractivity contribution >= 4 is 0 Å². The zero-order chi connectivity index (χ0) is 37.8. The molecule has 0 spiro atoms. The fourth-order valence-corrected chi connectivity index (χ4v) is 8.52. The maximum absolute atomic E-state index is 6.99. The van der Waals surface area contributed by atoms with Gasteiger partial charge in [0.25, 0.3) is 0 Å². The first kappa shape index (κ1) is 32.8. The summed E-state index contributed by atoms with van der Waals surface area (Å²) in [5.74, 6) is 4.60. The lowest BCUT2D eigenvalue weighted by atomic mass is 9.68. The highest BCUT2D eigenvalue weighted by atomic mass is 16.6. The highest BCUT2D eigenvalue weighted by Crippen LogP contribution is 2.62. The fraction of sp³-hybridized carbons (Fsp3) is 0.0192. The first-order valence-electron chi connectivity index (χ1n) is 19.1. The number of nitrogens with zero attached hydrogens (tertiary/aromatic N) is 3. The molecule has 2 heterocycles. The van der Waals surface area contributed by atoms with Crippen LogP contribution in [-0.2, 0) is 5.41 Å². The van der Waals surface area contributed by atoms with Gasteiger partial charge in [-0.05, 0) is 63.2 Å². The van der Waals surface area contributed by atoms with Crippen molar-refractivity contribution in [2.24, 2.45) is 0 Å². The summed E-state index contributed by atoms with van der Waals surface area (Å²) < 4.78 is 13.6. The van der Waals surface area contributed by atoms with Crippen LogP contribution in [0.3, 0.4) is 0 Å². The van der Waals surface area contributed by atoms with Crippen molar-refractivity contribution < 1.29 is 9.47 Å². The molecule has 57 heavy (non-hydrogen) atoms. The molecule has 0 radical (unpaired) electrons. The van der Waals surface area contributed by atoms with Gasteiger partial charge in [0.1, 0.15) is 0 Å². The molecule has 0 amide bonds. The molecule has 0 N–H and O–H groups in total. The zero-order valence-corrected chi connectivity index (χ0v) is 30.7. The second-order valence-electron chi connectivity index (χ2n) is 14.3. The molecule has 1 aliphatic carbocycles. The van der Waals surface area contributed by atoms with Crippen LogP contribution in [0.2, 0.25) is 0 Å². The summed E-state index contributed by atoms with van der Waals surface area (Å²) in [6.07, 6.45) is 0. The summed E-state index contributed by atoms with van der Waals surface area (Å²) in [4.78, 5) is 14.8. The van der Waals surface area contributed by atoms with Crippen molar-refractivity contribution in [2.45, 2.75) is 5.41 Å². The van der Waals surface area contributed by atoms with Gasteiger partial charge in [0.2, 0.25) is 0 Å². The molecule has 0 fully saturated rings. The third-order valence-corrected chi connectivity index (χ3v) is 11.1. The molecule has 0 bridgehead atoms. The normalized spacial score (nSPS) is 13.0. The molecule has 0 atom stereocenters. The Labute approximate surface area is 330 Å². The van der Waals surface area contributed by atoms with Crippen molar-refractivity contribution in [1.29, 1.82) is 0 Å². The van der Waals surface area contributed by atoms with Gasteiger partial charge >= 0.3 is 0 Å². The van der Waals surface area contributed by atoms with Gasteiger partial charge in [0.05, 0.1) is 5.41 Å². The largest absolute Gasteiger partial charge is 0.449 e. The topological polar surface area (TPSA) is 57.1 Å². The van der Waals surface area contributed by atoms with E-state index in [1.807, 2.05) is 78.9 Å². The maximum atomic E-state index is 6.99. The summed E-state index contributed by atoms with van der Waals surface area (Å²) in [7, 11) is 0. The van der Waals surface area contributed by atoms with Crippen LogP contribution in [0.5, 0.6) is 23.0 Å². The van der Waals surface area contributed by atoms with Crippen LogP contribution in [0, 0.1) is 0 Å². The van der Waals surface area contributed by atoms with Crippen LogP contribution < -0.4 is 9.47 Å². The lowest BCUT2D eigenvalue weighted by Crippen LogP contribution is -2.28. The van der Waals surface area contributed by atoms with Gasteiger partial charge in [-0.2, -0.15) is 0 Å². The molecule has 1 aromatic heterocycles. The molecule has 5 heteroatoms. The fourth-order valence-electron chi connectivity index (χ4n) is 8.52. The molecule has 8 aromatic carbocycles. The minimum atomic E-state index is -0.537. The predicted molar refractivity (Wildman–Crippen MR) is 225 cm³/mol. The molecule has 5 nitrogen and oxygen atoms in total. The zero-order valence-electron chi connectivity index (χ0n) is 30.7. The average molecular weight is 732 g/mol. The highest BCUT2D eigenvalue weighted by molar-refractivity contribution is 5.92. The standard InChI is InChI=1S/C52H33N3O2/c1-5-16-34(17-6-1)49-53-50(35-18-7-2-8-19-35)55-51(54-49)38-21-15-20-36(32-38)37-28-30-44-46(33-37)57-48-45(56-44)31-29-43-47(48)41-26-13-14-27-42(41)52(43,39-22-9-3-10-23-39)40-24-11-4-12-25-40/h1-33H. The summed E-state index contributed by atoms with van der Waals surface area (Å²) in [6, 6.07) is 69.0. The van der Waals surface area contributed by atoms with Crippen LogP contribution in [-0.4, -0.2) is 15.0 Å². The van der Waals surface area contributed by atoms with E-state index in [1.165, 1.54) is 16.7 Å². The van der Waals surface area contributed by atoms with E-state index >= 15 is 0 Å². The first-order valence-corrected chi connectivity index (χ1v) is 19.1. The Morgan fingerprint density at radius 1 is 0.333 bits per heavy atom. The van der Waals surface area contributed by atoms with Crippen LogP contribution in [0.4, 0.5) is 0 Å². The Morgan fingerprint density at radius 3 is 1.49 bits per heavy atom. The summed E-state index contributed by atoms with van der Waals surface area (Å²) >= 11 is 0. The molecular formula is C52H33N3O2.